The van der Waals surface area contributed by atoms with Crippen LogP contribution < -0.4 is 10.1 Å². The molecule has 0 aliphatic rings. The van der Waals surface area contributed by atoms with E-state index in [-0.39, 0.29) is 5.91 Å². The molecule has 0 saturated carbocycles. The maximum Gasteiger partial charge on any atom is 0.248 e. The fourth-order valence-electron chi connectivity index (χ4n) is 2.12. The van der Waals surface area contributed by atoms with Gasteiger partial charge in [-0.15, -0.1) is 0 Å². The molecule has 2 aromatic rings. The van der Waals surface area contributed by atoms with Crippen molar-refractivity contribution in [3.05, 3.63) is 64.1 Å². The summed E-state index contributed by atoms with van der Waals surface area (Å²) in [5, 5.41) is 2.87. The standard InChI is InChI=1S/C20H22BrNO2/c1-3-13-24-17-9-5-16(6-10-17)8-12-20(23)22-19-11-7-15(4-2)14-18(19)21/h5-12,14H,3-4,13H2,1-2H3,(H,22,23)/b12-8+. The van der Waals surface area contributed by atoms with Crippen molar-refractivity contribution in [1.82, 2.24) is 0 Å². The van der Waals surface area contributed by atoms with Crippen LogP contribution in [0.1, 0.15) is 31.4 Å². The van der Waals surface area contributed by atoms with Gasteiger partial charge < -0.3 is 10.1 Å². The van der Waals surface area contributed by atoms with E-state index in [0.29, 0.717) is 6.61 Å². The van der Waals surface area contributed by atoms with E-state index < -0.39 is 0 Å². The maximum absolute atomic E-state index is 12.1. The Morgan fingerprint density at radius 1 is 1.17 bits per heavy atom. The highest BCUT2D eigenvalue weighted by molar-refractivity contribution is 9.10. The van der Waals surface area contributed by atoms with Crippen molar-refractivity contribution in [2.24, 2.45) is 0 Å². The van der Waals surface area contributed by atoms with Crippen molar-refractivity contribution in [1.29, 1.82) is 0 Å². The van der Waals surface area contributed by atoms with Crippen molar-refractivity contribution in [3.63, 3.8) is 0 Å². The van der Waals surface area contributed by atoms with E-state index in [9.17, 15) is 4.79 Å². The molecule has 0 radical (unpaired) electrons. The van der Waals surface area contributed by atoms with Gasteiger partial charge in [-0.25, -0.2) is 0 Å². The third-order valence-corrected chi connectivity index (χ3v) is 4.14. The highest BCUT2D eigenvalue weighted by Crippen LogP contribution is 2.24. The molecule has 4 heteroatoms. The molecule has 0 atom stereocenters. The highest BCUT2D eigenvalue weighted by atomic mass is 79.9. The van der Waals surface area contributed by atoms with Gasteiger partial charge in [-0.1, -0.05) is 32.0 Å². The normalized spacial score (nSPS) is 10.8. The van der Waals surface area contributed by atoms with Gasteiger partial charge in [-0.2, -0.15) is 0 Å². The maximum atomic E-state index is 12.1. The van der Waals surface area contributed by atoms with Crippen molar-refractivity contribution < 1.29 is 9.53 Å². The van der Waals surface area contributed by atoms with Gasteiger partial charge in [0.15, 0.2) is 0 Å². The zero-order chi connectivity index (χ0) is 17.4. The third kappa shape index (κ3) is 5.53. The number of hydrogen-bond donors (Lipinski definition) is 1. The largest absolute Gasteiger partial charge is 0.494 e. The zero-order valence-electron chi connectivity index (χ0n) is 14.0. The first-order valence-electron chi connectivity index (χ1n) is 8.12. The van der Waals surface area contributed by atoms with E-state index >= 15 is 0 Å². The molecule has 0 heterocycles. The van der Waals surface area contributed by atoms with Crippen LogP contribution >= 0.6 is 15.9 Å². The van der Waals surface area contributed by atoms with Gasteiger partial charge in [0.2, 0.25) is 5.91 Å². The van der Waals surface area contributed by atoms with E-state index in [1.165, 1.54) is 11.6 Å². The number of rotatable bonds is 7. The molecular weight excluding hydrogens is 366 g/mol. The Hall–Kier alpha value is -2.07. The van der Waals surface area contributed by atoms with Gasteiger partial charge in [-0.05, 0) is 70.2 Å². The Morgan fingerprint density at radius 2 is 1.92 bits per heavy atom. The van der Waals surface area contributed by atoms with Crippen LogP contribution in [0.5, 0.6) is 5.75 Å². The van der Waals surface area contributed by atoms with Crippen molar-refractivity contribution in [3.8, 4) is 5.75 Å². The van der Waals surface area contributed by atoms with Gasteiger partial charge in [0, 0.05) is 10.5 Å². The Labute approximate surface area is 151 Å². The van der Waals surface area contributed by atoms with Gasteiger partial charge in [0.1, 0.15) is 5.75 Å². The summed E-state index contributed by atoms with van der Waals surface area (Å²) in [6.07, 6.45) is 5.26. The molecule has 2 aromatic carbocycles. The number of amides is 1. The molecule has 0 aliphatic carbocycles. The molecule has 126 valence electrons. The number of aryl methyl sites for hydroxylation is 1. The Bertz CT molecular complexity index is 708. The number of carbonyl (C=O) groups is 1. The molecule has 3 nitrogen and oxygen atoms in total. The Kier molecular flexibility index (Phi) is 7.07. The predicted molar refractivity (Wildman–Crippen MR) is 103 cm³/mol. The monoisotopic (exact) mass is 387 g/mol. The van der Waals surface area contributed by atoms with E-state index in [1.54, 1.807) is 6.08 Å². The molecule has 0 bridgehead atoms. The lowest BCUT2D eigenvalue weighted by Crippen LogP contribution is -2.08. The van der Waals surface area contributed by atoms with Crippen LogP contribution in [0.3, 0.4) is 0 Å². The van der Waals surface area contributed by atoms with E-state index in [2.05, 4.69) is 35.1 Å². The van der Waals surface area contributed by atoms with Crippen LogP contribution in [0.4, 0.5) is 5.69 Å². The minimum Gasteiger partial charge on any atom is -0.494 e. The predicted octanol–water partition coefficient (Wildman–Crippen LogP) is 5.45. The van der Waals surface area contributed by atoms with Crippen LogP contribution in [0.25, 0.3) is 6.08 Å². The van der Waals surface area contributed by atoms with E-state index in [0.717, 1.165) is 34.3 Å². The van der Waals surface area contributed by atoms with Crippen LogP contribution in [-0.2, 0) is 11.2 Å². The summed E-state index contributed by atoms with van der Waals surface area (Å²) in [4.78, 5) is 12.1. The summed E-state index contributed by atoms with van der Waals surface area (Å²) >= 11 is 3.49. The van der Waals surface area contributed by atoms with Gasteiger partial charge >= 0.3 is 0 Å². The summed E-state index contributed by atoms with van der Waals surface area (Å²) in [6, 6.07) is 13.6. The number of benzene rings is 2. The number of nitrogens with one attached hydrogen (secondary N) is 1. The van der Waals surface area contributed by atoms with Crippen LogP contribution in [-0.4, -0.2) is 12.5 Å². The SMILES string of the molecule is CCCOc1ccc(/C=C/C(=O)Nc2ccc(CC)cc2Br)cc1. The summed E-state index contributed by atoms with van der Waals surface area (Å²) in [5.41, 5.74) is 2.94. The first-order chi connectivity index (χ1) is 11.6. The molecule has 1 N–H and O–H groups in total. The summed E-state index contributed by atoms with van der Waals surface area (Å²) in [7, 11) is 0. The van der Waals surface area contributed by atoms with Crippen molar-refractivity contribution in [2.45, 2.75) is 26.7 Å². The molecule has 0 aromatic heterocycles. The average molecular weight is 388 g/mol. The molecule has 24 heavy (non-hydrogen) atoms. The van der Waals surface area contributed by atoms with Crippen LogP contribution in [0.15, 0.2) is 53.0 Å². The molecule has 0 aliphatic heterocycles. The molecule has 0 unspecified atom stereocenters. The second-order valence-electron chi connectivity index (χ2n) is 5.41. The van der Waals surface area contributed by atoms with Gasteiger partial charge in [0.05, 0.1) is 12.3 Å². The number of ether oxygens (including phenoxy) is 1. The molecule has 0 saturated heterocycles. The number of halogens is 1. The molecule has 1 amide bonds. The average Bonchev–Trinajstić information content (AvgIpc) is 2.60. The first kappa shape index (κ1) is 18.3. The Morgan fingerprint density at radius 3 is 2.54 bits per heavy atom. The van der Waals surface area contributed by atoms with Gasteiger partial charge in [0.25, 0.3) is 0 Å². The molecule has 0 spiro atoms. The zero-order valence-corrected chi connectivity index (χ0v) is 15.6. The summed E-state index contributed by atoms with van der Waals surface area (Å²) < 4.78 is 6.43. The number of anilines is 1. The highest BCUT2D eigenvalue weighted by Gasteiger charge is 2.03. The molecule has 0 fully saturated rings. The summed E-state index contributed by atoms with van der Waals surface area (Å²) in [6.45, 7) is 4.88. The lowest BCUT2D eigenvalue weighted by atomic mass is 10.1. The Balaban J connectivity index is 1.95. The quantitative estimate of drug-likeness (QED) is 0.641. The van der Waals surface area contributed by atoms with Gasteiger partial charge in [-0.3, -0.25) is 4.79 Å². The fourth-order valence-corrected chi connectivity index (χ4v) is 2.65. The van der Waals surface area contributed by atoms with Crippen LogP contribution in [0, 0.1) is 0 Å². The second kappa shape index (κ2) is 9.28. The summed E-state index contributed by atoms with van der Waals surface area (Å²) in [5.74, 6) is 0.685. The number of hydrogen-bond acceptors (Lipinski definition) is 2. The van der Waals surface area contributed by atoms with E-state index in [1.807, 2.05) is 42.5 Å². The number of carbonyl (C=O) groups excluding carboxylic acids is 1. The van der Waals surface area contributed by atoms with Crippen molar-refractivity contribution >= 4 is 33.6 Å². The fraction of sp³-hybridized carbons (Fsp3) is 0.250. The topological polar surface area (TPSA) is 38.3 Å². The minimum absolute atomic E-state index is 0.161. The van der Waals surface area contributed by atoms with Crippen molar-refractivity contribution in [2.75, 3.05) is 11.9 Å². The van der Waals surface area contributed by atoms with Crippen LogP contribution in [0.2, 0.25) is 0 Å². The lowest BCUT2D eigenvalue weighted by Gasteiger charge is -2.07. The third-order valence-electron chi connectivity index (χ3n) is 3.48. The smallest absolute Gasteiger partial charge is 0.248 e. The lowest BCUT2D eigenvalue weighted by molar-refractivity contribution is -0.111. The second-order valence-corrected chi connectivity index (χ2v) is 6.26. The minimum atomic E-state index is -0.161. The molecule has 2 rings (SSSR count). The van der Waals surface area contributed by atoms with E-state index in [4.69, 9.17) is 4.74 Å². The molecular formula is C20H22BrNO2. The first-order valence-corrected chi connectivity index (χ1v) is 8.92.